The molecule has 0 saturated carbocycles. The average Bonchev–Trinajstić information content (AvgIpc) is 3.31. The largest absolute Gasteiger partial charge is 0.397 e. The van der Waals surface area contributed by atoms with E-state index in [0.717, 1.165) is 57.8 Å². The predicted octanol–water partition coefficient (Wildman–Crippen LogP) is 10.8. The van der Waals surface area contributed by atoms with Crippen LogP contribution in [-0.2, 0) is 28.9 Å². The lowest BCUT2D eigenvalue weighted by atomic mass is 9.99. The fourth-order valence-electron chi connectivity index (χ4n) is 8.18. The molecule has 68 heavy (non-hydrogen) atoms. The number of hydrogen-bond acceptors (Lipinski definition) is 11. The van der Waals surface area contributed by atoms with Crippen LogP contribution in [0, 0.1) is 0 Å². The zero-order valence-corrected chi connectivity index (χ0v) is 43.1. The first-order valence-electron chi connectivity index (χ1n) is 26.8. The van der Waals surface area contributed by atoms with Crippen molar-refractivity contribution in [3.05, 3.63) is 60.8 Å². The molecule has 1 heterocycles. The van der Waals surface area contributed by atoms with Crippen LogP contribution in [0.1, 0.15) is 213 Å². The second-order valence-corrected chi connectivity index (χ2v) is 19.6. The maximum atomic E-state index is 13.2. The highest BCUT2D eigenvalue weighted by Gasteiger charge is 2.48. The Balaban J connectivity index is 2.52. The van der Waals surface area contributed by atoms with E-state index >= 15 is 0 Å². The van der Waals surface area contributed by atoms with E-state index in [2.05, 4.69) is 72.0 Å². The van der Waals surface area contributed by atoms with E-state index < -0.39 is 78.5 Å². The maximum Gasteiger partial charge on any atom is 0.397 e. The van der Waals surface area contributed by atoms with Crippen LogP contribution in [0.4, 0.5) is 0 Å². The first-order valence-corrected chi connectivity index (χ1v) is 28.1. The van der Waals surface area contributed by atoms with Crippen LogP contribution in [0.5, 0.6) is 0 Å². The molecule has 1 aliphatic heterocycles. The summed E-state index contributed by atoms with van der Waals surface area (Å²) in [6.07, 6.45) is 44.4. The van der Waals surface area contributed by atoms with Crippen molar-refractivity contribution in [1.82, 2.24) is 5.32 Å². The number of aliphatic hydroxyl groups excluding tert-OH is 5. The molecule has 0 radical (unpaired) electrons. The van der Waals surface area contributed by atoms with Crippen molar-refractivity contribution in [2.24, 2.45) is 0 Å². The van der Waals surface area contributed by atoms with Gasteiger partial charge >= 0.3 is 10.4 Å². The summed E-state index contributed by atoms with van der Waals surface area (Å²) in [6.45, 7) is 3.11. The van der Waals surface area contributed by atoms with Gasteiger partial charge in [-0.1, -0.05) is 203 Å². The Morgan fingerprint density at radius 3 is 1.57 bits per heavy atom. The smallest absolute Gasteiger partial charge is 0.394 e. The Morgan fingerprint density at radius 2 is 1.07 bits per heavy atom. The van der Waals surface area contributed by atoms with Gasteiger partial charge in [-0.25, -0.2) is 4.18 Å². The Labute approximate surface area is 412 Å². The number of hydrogen-bond donors (Lipinski definition) is 7. The monoisotopic (exact) mass is 984 g/mol. The normalized spacial score (nSPS) is 20.7. The molecule has 1 fully saturated rings. The van der Waals surface area contributed by atoms with Crippen molar-refractivity contribution in [1.29, 1.82) is 0 Å². The van der Waals surface area contributed by atoms with Gasteiger partial charge in [-0.2, -0.15) is 8.42 Å². The molecule has 396 valence electrons. The number of ether oxygens (including phenoxy) is 2. The minimum Gasteiger partial charge on any atom is -0.394 e. The molecule has 14 heteroatoms. The number of carbonyl (C=O) groups is 1. The molecular weight excluding hydrogens is 887 g/mol. The number of rotatable bonds is 45. The highest BCUT2D eigenvalue weighted by molar-refractivity contribution is 7.80. The van der Waals surface area contributed by atoms with Gasteiger partial charge in [0.05, 0.1) is 25.4 Å². The molecular formula is C54H97NO12S. The van der Waals surface area contributed by atoms with Crippen LogP contribution in [0.3, 0.4) is 0 Å². The van der Waals surface area contributed by atoms with E-state index in [4.69, 9.17) is 9.47 Å². The topological polar surface area (TPSA) is 212 Å². The minimum atomic E-state index is -5.13. The summed E-state index contributed by atoms with van der Waals surface area (Å²) in [4.78, 5) is 13.2. The quantitative estimate of drug-likeness (QED) is 0.0173. The highest BCUT2D eigenvalue weighted by Crippen LogP contribution is 2.26. The first-order chi connectivity index (χ1) is 32.9. The SMILES string of the molecule is CC/C=C\C/C=C\CCCCCCCCCCCCCCCC(O)C(=O)NC(COC1OC(CO)C(O)C(OS(=O)(=O)O)C1O)C(O)/C=C/CC/C=C/CC/C=C/CCCCCCCCCCC. The summed E-state index contributed by atoms with van der Waals surface area (Å²) in [7, 11) is -5.13. The first kappa shape index (κ1) is 63.8. The molecule has 0 aromatic carbocycles. The Hall–Kier alpha value is -2.24. The van der Waals surface area contributed by atoms with Gasteiger partial charge in [-0.3, -0.25) is 9.35 Å². The van der Waals surface area contributed by atoms with Crippen molar-refractivity contribution in [3.63, 3.8) is 0 Å². The van der Waals surface area contributed by atoms with E-state index in [1.54, 1.807) is 6.08 Å². The average molecular weight is 984 g/mol. The Bertz CT molecular complexity index is 1450. The molecule has 1 saturated heterocycles. The molecule has 0 aromatic heterocycles. The van der Waals surface area contributed by atoms with Gasteiger partial charge in [-0.15, -0.1) is 0 Å². The van der Waals surface area contributed by atoms with Crippen LogP contribution in [0.25, 0.3) is 0 Å². The van der Waals surface area contributed by atoms with E-state index in [1.165, 1.54) is 128 Å². The Kier molecular flexibility index (Phi) is 40.8. The second-order valence-electron chi connectivity index (χ2n) is 18.6. The fraction of sp³-hybridized carbons (Fsp3) is 0.796. The number of carbonyl (C=O) groups excluding carboxylic acids is 1. The number of unbranched alkanes of at least 4 members (excludes halogenated alkanes) is 24. The minimum absolute atomic E-state index is 0.231. The zero-order chi connectivity index (χ0) is 49.9. The van der Waals surface area contributed by atoms with E-state index in [-0.39, 0.29) is 6.42 Å². The molecule has 1 amide bonds. The van der Waals surface area contributed by atoms with Crippen LogP contribution in [0.15, 0.2) is 60.8 Å². The van der Waals surface area contributed by atoms with Crippen molar-refractivity contribution in [3.8, 4) is 0 Å². The summed E-state index contributed by atoms with van der Waals surface area (Å²) in [5.41, 5.74) is 0. The lowest BCUT2D eigenvalue weighted by Gasteiger charge is -2.41. The molecule has 8 unspecified atom stereocenters. The number of nitrogens with one attached hydrogen (secondary N) is 1. The van der Waals surface area contributed by atoms with Crippen LogP contribution < -0.4 is 5.32 Å². The Morgan fingerprint density at radius 1 is 0.618 bits per heavy atom. The predicted molar refractivity (Wildman–Crippen MR) is 274 cm³/mol. The van der Waals surface area contributed by atoms with Crippen LogP contribution >= 0.6 is 0 Å². The summed E-state index contributed by atoms with van der Waals surface area (Å²) in [5, 5.41) is 55.4. The van der Waals surface area contributed by atoms with E-state index in [9.17, 15) is 43.3 Å². The molecule has 7 N–H and O–H groups in total. The third-order valence-corrected chi connectivity index (χ3v) is 12.8. The van der Waals surface area contributed by atoms with Crippen molar-refractivity contribution in [2.45, 2.75) is 262 Å². The molecule has 8 atom stereocenters. The number of amides is 1. The van der Waals surface area contributed by atoms with Crippen molar-refractivity contribution in [2.75, 3.05) is 13.2 Å². The lowest BCUT2D eigenvalue weighted by Crippen LogP contribution is -2.61. The number of aliphatic hydroxyl groups is 5. The van der Waals surface area contributed by atoms with Gasteiger partial charge in [0.15, 0.2) is 6.29 Å². The van der Waals surface area contributed by atoms with Crippen molar-refractivity contribution >= 4 is 16.3 Å². The van der Waals surface area contributed by atoms with E-state index in [1.807, 2.05) is 0 Å². The molecule has 0 aromatic rings. The fourth-order valence-corrected chi connectivity index (χ4v) is 8.69. The van der Waals surface area contributed by atoms with Gasteiger partial charge in [0.1, 0.15) is 30.5 Å². The van der Waals surface area contributed by atoms with Gasteiger partial charge in [-0.05, 0) is 70.6 Å². The van der Waals surface area contributed by atoms with Crippen molar-refractivity contribution < 1.29 is 57.0 Å². The van der Waals surface area contributed by atoms with Crippen LogP contribution in [-0.4, -0.2) is 107 Å². The third-order valence-electron chi connectivity index (χ3n) is 12.4. The summed E-state index contributed by atoms with van der Waals surface area (Å²) >= 11 is 0. The lowest BCUT2D eigenvalue weighted by molar-refractivity contribution is -0.298. The van der Waals surface area contributed by atoms with Gasteiger partial charge in [0, 0.05) is 0 Å². The number of allylic oxidation sites excluding steroid dienone is 9. The third kappa shape index (κ3) is 35.0. The van der Waals surface area contributed by atoms with Gasteiger partial charge in [0.2, 0.25) is 5.91 Å². The zero-order valence-electron chi connectivity index (χ0n) is 42.3. The highest BCUT2D eigenvalue weighted by atomic mass is 32.3. The standard InChI is InChI=1S/C54H97NO12S/c1-3-5-7-9-11-13-15-17-19-21-23-25-27-29-31-33-35-37-39-41-43-48(58)53(61)55-46(45-65-54-51(60)52(67-68(62,63)64)50(59)49(44-56)66-54)47(57)42-40-38-36-34-32-30-28-26-24-22-20-18-16-14-12-10-8-6-4-2/h5,7,11,13,24,26,32,34,40,42,46-52,54,56-60H,3-4,6,8-10,12,14-23,25,27-31,33,35-39,41,43-45H2,1-2H3,(H,55,61)(H,62,63,64)/b7-5-,13-11-,26-24+,34-32+,42-40+. The molecule has 0 bridgehead atoms. The van der Waals surface area contributed by atoms with E-state index in [0.29, 0.717) is 12.8 Å². The molecule has 13 nitrogen and oxygen atoms in total. The van der Waals surface area contributed by atoms with Gasteiger partial charge < -0.3 is 40.3 Å². The molecule has 0 aliphatic carbocycles. The molecule has 1 aliphatic rings. The summed E-state index contributed by atoms with van der Waals surface area (Å²) in [5.74, 6) is -0.718. The van der Waals surface area contributed by atoms with Gasteiger partial charge in [0.25, 0.3) is 0 Å². The molecule has 0 spiro atoms. The van der Waals surface area contributed by atoms with Crippen LogP contribution in [0.2, 0.25) is 0 Å². The summed E-state index contributed by atoms with van der Waals surface area (Å²) < 4.78 is 47.7. The second kappa shape index (κ2) is 43.5. The maximum absolute atomic E-state index is 13.2. The molecule has 1 rings (SSSR count). The summed E-state index contributed by atoms with van der Waals surface area (Å²) in [6, 6.07) is -1.15.